The number of hydrogen-bond donors (Lipinski definition) is 5. The van der Waals surface area contributed by atoms with Crippen LogP contribution in [0.2, 0.25) is 0 Å². The minimum Gasteiger partial charge on any atom is -0.368 e. The highest BCUT2D eigenvalue weighted by atomic mass is 16.2. The van der Waals surface area contributed by atoms with Crippen LogP contribution in [0, 0.1) is 0 Å². The molecule has 0 aliphatic heterocycles. The van der Waals surface area contributed by atoms with E-state index in [1.807, 2.05) is 6.79 Å². The summed E-state index contributed by atoms with van der Waals surface area (Å²) in [4.78, 5) is 27.5. The van der Waals surface area contributed by atoms with Gasteiger partial charge in [0.05, 0.1) is 0 Å². The maximum atomic E-state index is 9.00. The first-order valence-corrected chi connectivity index (χ1v) is 3.78. The van der Waals surface area contributed by atoms with Gasteiger partial charge in [-0.25, -0.2) is 4.79 Å². The second-order valence-corrected chi connectivity index (χ2v) is 1.81. The molecule has 0 bridgehead atoms. The number of carbonyl (C=O) groups excluding carboxylic acids is 2. The average molecular weight is 244 g/mol. The van der Waals surface area contributed by atoms with Crippen LogP contribution >= 0.6 is 0 Å². The number of aromatic nitrogens is 3. The molecule has 0 saturated carbocycles. The van der Waals surface area contributed by atoms with E-state index < -0.39 is 6.03 Å². The van der Waals surface area contributed by atoms with Crippen molar-refractivity contribution >= 4 is 30.7 Å². The van der Waals surface area contributed by atoms with Gasteiger partial charge in [-0.1, -0.05) is 0 Å². The molecule has 96 valence electrons. The summed E-state index contributed by atoms with van der Waals surface area (Å²) < 4.78 is 0. The molecule has 1 aromatic rings. The molecular formula is C7H16N8O2. The zero-order valence-electron chi connectivity index (χ0n) is 9.17. The number of anilines is 3. The van der Waals surface area contributed by atoms with Crippen LogP contribution < -0.4 is 28.7 Å². The first kappa shape index (κ1) is 19.6. The van der Waals surface area contributed by atoms with Gasteiger partial charge >= 0.3 is 6.03 Å². The number of nitrogen functional groups attached to an aromatic ring is 3. The second-order valence-electron chi connectivity index (χ2n) is 1.81. The Labute approximate surface area is 97.9 Å². The third kappa shape index (κ3) is 19.5. The van der Waals surface area contributed by atoms with E-state index in [1.165, 1.54) is 0 Å². The van der Waals surface area contributed by atoms with Crippen LogP contribution in [0.4, 0.5) is 22.6 Å². The lowest BCUT2D eigenvalue weighted by Gasteiger charge is -1.93. The lowest BCUT2D eigenvalue weighted by atomic mass is 10.9. The van der Waals surface area contributed by atoms with Gasteiger partial charge < -0.3 is 33.5 Å². The Morgan fingerprint density at radius 1 is 0.824 bits per heavy atom. The minimum atomic E-state index is -0.833. The number of nitrogens with two attached hydrogens (primary N) is 5. The number of hydrogen-bond acceptors (Lipinski definition) is 8. The van der Waals surface area contributed by atoms with E-state index in [1.54, 1.807) is 0 Å². The maximum absolute atomic E-state index is 9.00. The summed E-state index contributed by atoms with van der Waals surface area (Å²) in [5, 5.41) is 0. The van der Waals surface area contributed by atoms with Crippen LogP contribution in [0.1, 0.15) is 0 Å². The van der Waals surface area contributed by atoms with Gasteiger partial charge in [-0.15, -0.1) is 13.2 Å². The fourth-order valence-electron chi connectivity index (χ4n) is 0.427. The molecule has 2 amide bonds. The molecule has 10 heteroatoms. The maximum Gasteiger partial charge on any atom is 0.309 e. The molecule has 0 radical (unpaired) electrons. The number of rotatable bonds is 0. The Balaban J connectivity index is -0.000000208. The lowest BCUT2D eigenvalue weighted by molar-refractivity contribution is -0.0979. The zero-order chi connectivity index (χ0) is 14.4. The zero-order valence-corrected chi connectivity index (χ0v) is 9.17. The normalized spacial score (nSPS) is 6.82. The monoisotopic (exact) mass is 244 g/mol. The van der Waals surface area contributed by atoms with Crippen molar-refractivity contribution < 1.29 is 9.59 Å². The van der Waals surface area contributed by atoms with E-state index in [9.17, 15) is 0 Å². The van der Waals surface area contributed by atoms with Crippen molar-refractivity contribution in [2.24, 2.45) is 11.5 Å². The van der Waals surface area contributed by atoms with Crippen molar-refractivity contribution in [1.82, 2.24) is 15.0 Å². The van der Waals surface area contributed by atoms with E-state index in [-0.39, 0.29) is 17.8 Å². The fourth-order valence-corrected chi connectivity index (χ4v) is 0.427. The molecular weight excluding hydrogens is 228 g/mol. The molecule has 0 unspecified atom stereocenters. The number of nitrogens with zero attached hydrogens (tertiary/aromatic N) is 3. The van der Waals surface area contributed by atoms with Crippen molar-refractivity contribution in [1.29, 1.82) is 0 Å². The summed E-state index contributed by atoms with van der Waals surface area (Å²) >= 11 is 0. The molecule has 10 N–H and O–H groups in total. The molecule has 1 rings (SSSR count). The quantitative estimate of drug-likeness (QED) is 0.330. The third-order valence-electron chi connectivity index (χ3n) is 0.687. The van der Waals surface area contributed by atoms with Gasteiger partial charge in [-0.2, -0.15) is 15.0 Å². The molecule has 17 heavy (non-hydrogen) atoms. The Morgan fingerprint density at radius 2 is 0.941 bits per heavy atom. The van der Waals surface area contributed by atoms with E-state index in [2.05, 4.69) is 39.6 Å². The third-order valence-corrected chi connectivity index (χ3v) is 0.687. The topological polar surface area (TPSA) is 203 Å². The smallest absolute Gasteiger partial charge is 0.309 e. The summed E-state index contributed by atoms with van der Waals surface area (Å²) in [6.45, 7) is 8.00. The molecule has 10 nitrogen and oxygen atoms in total. The Bertz CT molecular complexity index is 275. The van der Waals surface area contributed by atoms with Crippen molar-refractivity contribution in [2.45, 2.75) is 0 Å². The largest absolute Gasteiger partial charge is 0.368 e. The van der Waals surface area contributed by atoms with Crippen LogP contribution in [0.25, 0.3) is 0 Å². The number of carbonyl (C=O) groups is 2. The van der Waals surface area contributed by atoms with E-state index >= 15 is 0 Å². The van der Waals surface area contributed by atoms with Gasteiger partial charge in [0.25, 0.3) is 0 Å². The second kappa shape index (κ2) is 13.1. The summed E-state index contributed by atoms with van der Waals surface area (Å²) in [6.07, 6.45) is 0. The van der Waals surface area contributed by atoms with Gasteiger partial charge in [-0.05, 0) is 0 Å². The molecule has 0 atom stereocenters. The molecule has 0 spiro atoms. The standard InChI is InChI=1S/C3H6N6.C2H4.CH4N2O.CH2O/c4-1-7-2(5)9-3(6)8-1;1-2;2-1(3)4;1-2/h(H6,4,5,6,7,8,9);1-2H2;(H4,2,3,4);1H2. The first-order valence-electron chi connectivity index (χ1n) is 3.78. The predicted molar refractivity (Wildman–Crippen MR) is 65.2 cm³/mol. The molecule has 0 fully saturated rings. The Hall–Kier alpha value is -2.91. The SMILES string of the molecule is C=C.C=O.NC(N)=O.Nc1nc(N)nc(N)n1. The Morgan fingerprint density at radius 3 is 1.06 bits per heavy atom. The van der Waals surface area contributed by atoms with Crippen LogP contribution in [0.3, 0.4) is 0 Å². The van der Waals surface area contributed by atoms with Gasteiger partial charge in [-0.3, -0.25) is 0 Å². The van der Waals surface area contributed by atoms with Crippen LogP contribution in [0.15, 0.2) is 13.2 Å². The molecule has 0 aliphatic rings. The number of urea groups is 1. The number of amides is 2. The van der Waals surface area contributed by atoms with Crippen molar-refractivity contribution in [3.8, 4) is 0 Å². The Kier molecular flexibility index (Phi) is 15.1. The molecule has 0 saturated heterocycles. The molecule has 1 heterocycles. The summed E-state index contributed by atoms with van der Waals surface area (Å²) in [5.74, 6) is 0.125. The fraction of sp³-hybridized carbons (Fsp3) is 0. The van der Waals surface area contributed by atoms with Gasteiger partial charge in [0, 0.05) is 0 Å². The molecule has 0 aromatic carbocycles. The van der Waals surface area contributed by atoms with Crippen LogP contribution in [-0.4, -0.2) is 27.8 Å². The van der Waals surface area contributed by atoms with Crippen LogP contribution in [0.5, 0.6) is 0 Å². The minimum absolute atomic E-state index is 0.0417. The van der Waals surface area contributed by atoms with Crippen LogP contribution in [-0.2, 0) is 4.79 Å². The van der Waals surface area contributed by atoms with Crippen molar-refractivity contribution in [3.05, 3.63) is 13.2 Å². The highest BCUT2D eigenvalue weighted by molar-refractivity contribution is 5.69. The average Bonchev–Trinajstić information content (AvgIpc) is 2.20. The molecule has 0 aliphatic carbocycles. The van der Waals surface area contributed by atoms with E-state index in [4.69, 9.17) is 26.8 Å². The van der Waals surface area contributed by atoms with Crippen molar-refractivity contribution in [3.63, 3.8) is 0 Å². The summed E-state index contributed by atoms with van der Waals surface area (Å²) in [7, 11) is 0. The first-order chi connectivity index (χ1) is 7.91. The van der Waals surface area contributed by atoms with Gasteiger partial charge in [0.15, 0.2) is 0 Å². The predicted octanol–water partition coefficient (Wildman–Crippen LogP) is -1.74. The lowest BCUT2D eigenvalue weighted by Crippen LogP contribution is -2.18. The van der Waals surface area contributed by atoms with E-state index in [0.29, 0.717) is 0 Å². The highest BCUT2D eigenvalue weighted by Gasteiger charge is 1.93. The van der Waals surface area contributed by atoms with Crippen molar-refractivity contribution in [2.75, 3.05) is 17.2 Å². The molecule has 1 aromatic heterocycles. The van der Waals surface area contributed by atoms with E-state index in [0.717, 1.165) is 0 Å². The summed E-state index contributed by atoms with van der Waals surface area (Å²) in [6, 6.07) is -0.833. The summed E-state index contributed by atoms with van der Waals surface area (Å²) in [5.41, 5.74) is 23.9. The highest BCUT2D eigenvalue weighted by Crippen LogP contribution is 1.97. The number of primary amides is 2. The van der Waals surface area contributed by atoms with Gasteiger partial charge in [0.2, 0.25) is 17.8 Å². The van der Waals surface area contributed by atoms with Gasteiger partial charge in [0.1, 0.15) is 6.79 Å².